The molecule has 2 heterocycles. The van der Waals surface area contributed by atoms with Crippen molar-refractivity contribution in [2.24, 2.45) is 18.9 Å². The zero-order valence-electron chi connectivity index (χ0n) is 26.9. The Morgan fingerprint density at radius 1 is 1.15 bits per heavy atom. The first-order chi connectivity index (χ1) is 21.7. The van der Waals surface area contributed by atoms with E-state index >= 15 is 0 Å². The largest absolute Gasteiger partial charge is 0.350 e. The third kappa shape index (κ3) is 8.71. The van der Waals surface area contributed by atoms with E-state index in [1.54, 1.807) is 20.0 Å². The monoisotopic (exact) mass is 701 g/mol. The Labute approximate surface area is 276 Å². The first-order valence-electron chi connectivity index (χ1n) is 15.8. The second kappa shape index (κ2) is 14.7. The molecule has 0 radical (unpaired) electrons. The third-order valence-electron chi connectivity index (χ3n) is 8.94. The number of carbonyl (C=O) groups is 5. The number of fused-ring (bicyclic) bond motifs is 2. The second-order valence-electron chi connectivity index (χ2n) is 13.0. The fourth-order valence-corrected chi connectivity index (χ4v) is 8.15. The lowest BCUT2D eigenvalue weighted by molar-refractivity contribution is -0.138. The van der Waals surface area contributed by atoms with Gasteiger partial charge in [0.15, 0.2) is 0 Å². The zero-order valence-corrected chi connectivity index (χ0v) is 28.4. The fourth-order valence-electron chi connectivity index (χ4n) is 7.15. The van der Waals surface area contributed by atoms with E-state index < -0.39 is 35.1 Å². The molecule has 2 aromatic rings. The number of nitrogens with one attached hydrogen (secondary N) is 4. The van der Waals surface area contributed by atoms with Gasteiger partial charge in [-0.3, -0.25) is 28.8 Å². The number of hydrogen-bond acceptors (Lipinski definition) is 7. The highest BCUT2D eigenvalue weighted by molar-refractivity contribution is 9.10. The molecule has 2 aliphatic rings. The number of pyridine rings is 1. The van der Waals surface area contributed by atoms with Crippen LogP contribution in [0.4, 0.5) is 5.69 Å². The average Bonchev–Trinajstić information content (AvgIpc) is 3.41. The van der Waals surface area contributed by atoms with Crippen molar-refractivity contribution in [1.29, 1.82) is 0 Å². The number of Topliss-reactive ketones (excluding diaryl/α,β-unsaturated/α-hetero) is 1. The van der Waals surface area contributed by atoms with Crippen LogP contribution in [0.25, 0.3) is 0 Å². The molecule has 0 saturated heterocycles. The number of imidazole rings is 1. The molecule has 2 bridgehead atoms. The molecule has 0 aliphatic heterocycles. The number of nitrogens with zero attached hydrogens (tertiary/aromatic N) is 3. The van der Waals surface area contributed by atoms with Gasteiger partial charge in [0.1, 0.15) is 24.0 Å². The molecule has 2 fully saturated rings. The molecule has 5 atom stereocenters. The molecule has 0 spiro atoms. The van der Waals surface area contributed by atoms with Gasteiger partial charge < -0.3 is 30.4 Å². The molecule has 2 aliphatic carbocycles. The number of ketones is 1. The number of halogens is 1. The number of aryl methyl sites for hydroxylation is 1. The van der Waals surface area contributed by atoms with E-state index in [1.165, 1.54) is 33.9 Å². The van der Waals surface area contributed by atoms with Crippen LogP contribution < -0.4 is 26.8 Å². The van der Waals surface area contributed by atoms with Gasteiger partial charge in [-0.15, -0.1) is 0 Å². The molecule has 2 aromatic heterocycles. The van der Waals surface area contributed by atoms with Crippen molar-refractivity contribution < 1.29 is 24.0 Å². The molecule has 14 heteroatoms. The number of carbonyl (C=O) groups excluding carboxylic acids is 5. The summed E-state index contributed by atoms with van der Waals surface area (Å²) in [5.41, 5.74) is -0.867. The van der Waals surface area contributed by atoms with Gasteiger partial charge in [0.25, 0.3) is 17.4 Å². The van der Waals surface area contributed by atoms with Gasteiger partial charge in [0, 0.05) is 36.1 Å². The lowest BCUT2D eigenvalue weighted by atomic mass is 9.60. The van der Waals surface area contributed by atoms with Gasteiger partial charge in [0.2, 0.25) is 17.6 Å². The Morgan fingerprint density at radius 2 is 1.91 bits per heavy atom. The minimum absolute atomic E-state index is 0.0734. The summed E-state index contributed by atoms with van der Waals surface area (Å²) in [7, 11) is 1.61. The third-order valence-corrected chi connectivity index (χ3v) is 9.55. The van der Waals surface area contributed by atoms with Crippen LogP contribution in [0.3, 0.4) is 0 Å². The van der Waals surface area contributed by atoms with Crippen LogP contribution in [0.1, 0.15) is 82.6 Å². The first-order valence-corrected chi connectivity index (χ1v) is 16.6. The number of alkyl halides is 1. The number of anilines is 1. The Hall–Kier alpha value is -3.81. The van der Waals surface area contributed by atoms with E-state index in [0.717, 1.165) is 38.5 Å². The number of aromatic nitrogens is 3. The van der Waals surface area contributed by atoms with Crippen molar-refractivity contribution in [3.05, 3.63) is 46.9 Å². The quantitative estimate of drug-likeness (QED) is 0.183. The van der Waals surface area contributed by atoms with Gasteiger partial charge in [-0.2, -0.15) is 0 Å². The average molecular weight is 703 g/mol. The number of rotatable bonds is 13. The Bertz CT molecular complexity index is 1530. The highest BCUT2D eigenvalue weighted by atomic mass is 79.9. The lowest BCUT2D eigenvalue weighted by Crippen LogP contribution is -2.59. The SMILES string of the molecule is CCNC(=O)C(=O)CCC(NC(=O)c1cncn1C)C(=O)Nc1cccn(CC(=O)NC23CC(CC)CC(CC(C)(Br)C2)C3)c1=O. The first kappa shape index (κ1) is 35.1. The fraction of sp³-hybridized carbons (Fsp3) is 0.594. The standard InChI is InChI=1S/C32H44BrN7O6/c1-5-20-12-21-13-31(3,33)18-32(14-20,15-21)38-26(42)17-40-11-7-8-23(30(40)46)37-27(43)22(9-10-25(41)29(45)35-6-2)36-28(44)24-16-34-19-39(24)4/h7-8,11,16,19-22H,5-6,9-10,12-15,17-18H2,1-4H3,(H,35,45)(H,36,44)(H,37,43)(H,38,42). The maximum atomic E-state index is 13.4. The summed E-state index contributed by atoms with van der Waals surface area (Å²) >= 11 is 3.88. The van der Waals surface area contributed by atoms with Crippen LogP contribution in [-0.4, -0.2) is 66.0 Å². The van der Waals surface area contributed by atoms with Gasteiger partial charge in [-0.25, -0.2) is 4.98 Å². The van der Waals surface area contributed by atoms with E-state index in [1.807, 2.05) is 0 Å². The Balaban J connectivity index is 1.47. The molecule has 4 rings (SSSR count). The maximum Gasteiger partial charge on any atom is 0.287 e. The second-order valence-corrected chi connectivity index (χ2v) is 14.9. The summed E-state index contributed by atoms with van der Waals surface area (Å²) in [4.78, 5) is 81.3. The van der Waals surface area contributed by atoms with Crippen LogP contribution >= 0.6 is 15.9 Å². The van der Waals surface area contributed by atoms with Crippen molar-refractivity contribution in [2.45, 2.75) is 94.6 Å². The highest BCUT2D eigenvalue weighted by Crippen LogP contribution is 2.52. The molecule has 4 N–H and O–H groups in total. The van der Waals surface area contributed by atoms with Gasteiger partial charge in [-0.05, 0) is 76.3 Å². The maximum absolute atomic E-state index is 13.4. The van der Waals surface area contributed by atoms with E-state index in [2.05, 4.69) is 56.0 Å². The molecule has 5 unspecified atom stereocenters. The molecule has 13 nitrogen and oxygen atoms in total. The van der Waals surface area contributed by atoms with Crippen LogP contribution in [0, 0.1) is 11.8 Å². The minimum Gasteiger partial charge on any atom is -0.350 e. The molecular weight excluding hydrogens is 658 g/mol. The molecular formula is C32H44BrN7O6. The highest BCUT2D eigenvalue weighted by Gasteiger charge is 2.50. The van der Waals surface area contributed by atoms with Crippen LogP contribution in [0.15, 0.2) is 35.6 Å². The van der Waals surface area contributed by atoms with Crippen LogP contribution in [0.5, 0.6) is 0 Å². The normalized spacial score (nSPS) is 24.4. The van der Waals surface area contributed by atoms with Crippen LogP contribution in [-0.2, 0) is 32.8 Å². The summed E-state index contributed by atoms with van der Waals surface area (Å²) in [6, 6.07) is 1.69. The van der Waals surface area contributed by atoms with E-state index in [-0.39, 0.29) is 53.1 Å². The Morgan fingerprint density at radius 3 is 2.59 bits per heavy atom. The predicted molar refractivity (Wildman–Crippen MR) is 175 cm³/mol. The summed E-state index contributed by atoms with van der Waals surface area (Å²) in [6.07, 6.45) is 9.60. The Kier molecular flexibility index (Phi) is 11.2. The van der Waals surface area contributed by atoms with Crippen molar-refractivity contribution in [1.82, 2.24) is 30.1 Å². The molecule has 46 heavy (non-hydrogen) atoms. The smallest absolute Gasteiger partial charge is 0.287 e. The molecule has 2 saturated carbocycles. The summed E-state index contributed by atoms with van der Waals surface area (Å²) in [6.45, 7) is 6.07. The van der Waals surface area contributed by atoms with Crippen molar-refractivity contribution >= 4 is 51.0 Å². The number of hydrogen-bond donors (Lipinski definition) is 4. The van der Waals surface area contributed by atoms with Crippen molar-refractivity contribution in [2.75, 3.05) is 11.9 Å². The van der Waals surface area contributed by atoms with Gasteiger partial charge >= 0.3 is 0 Å². The molecule has 0 aromatic carbocycles. The van der Waals surface area contributed by atoms with Crippen molar-refractivity contribution in [3.8, 4) is 0 Å². The number of likely N-dealkylation sites (N-methyl/N-ethyl adjacent to an activating group) is 1. The number of amides is 4. The predicted octanol–water partition coefficient (Wildman–Crippen LogP) is 2.43. The van der Waals surface area contributed by atoms with Crippen molar-refractivity contribution in [3.63, 3.8) is 0 Å². The van der Waals surface area contributed by atoms with Gasteiger partial charge in [0.05, 0.1) is 12.5 Å². The zero-order chi connectivity index (χ0) is 33.6. The minimum atomic E-state index is -1.26. The summed E-state index contributed by atoms with van der Waals surface area (Å²) in [5, 5.41) is 10.8. The van der Waals surface area contributed by atoms with E-state index in [4.69, 9.17) is 0 Å². The van der Waals surface area contributed by atoms with E-state index in [9.17, 15) is 28.8 Å². The molecule has 4 amide bonds. The van der Waals surface area contributed by atoms with Crippen LogP contribution in [0.2, 0.25) is 0 Å². The van der Waals surface area contributed by atoms with Gasteiger partial charge in [-0.1, -0.05) is 29.3 Å². The van der Waals surface area contributed by atoms with E-state index in [0.29, 0.717) is 11.8 Å². The summed E-state index contributed by atoms with van der Waals surface area (Å²) < 4.78 is 2.62. The summed E-state index contributed by atoms with van der Waals surface area (Å²) in [5.74, 6) is -2.13. The lowest BCUT2D eigenvalue weighted by Gasteiger charge is -2.53. The topological polar surface area (TPSA) is 173 Å². The molecule has 250 valence electrons.